The van der Waals surface area contributed by atoms with E-state index >= 15 is 0 Å². The summed E-state index contributed by atoms with van der Waals surface area (Å²) >= 11 is 1.56. The van der Waals surface area contributed by atoms with Crippen LogP contribution in [0.15, 0.2) is 114 Å². The summed E-state index contributed by atoms with van der Waals surface area (Å²) in [6.45, 7) is 6.88. The van der Waals surface area contributed by atoms with Gasteiger partial charge in [0.25, 0.3) is 21.6 Å². The minimum absolute atomic E-state index is 0.0507. The molecule has 0 aliphatic carbocycles. The highest BCUT2D eigenvalue weighted by molar-refractivity contribution is 7.92. The minimum atomic E-state index is -4.08. The molecule has 1 saturated heterocycles. The number of rotatable bonds is 11. The average Bonchev–Trinajstić information content (AvgIpc) is 3.82. The predicted molar refractivity (Wildman–Crippen MR) is 205 cm³/mol. The van der Waals surface area contributed by atoms with E-state index < -0.39 is 32.7 Å². The lowest BCUT2D eigenvalue weighted by Crippen LogP contribution is -2.42. The third kappa shape index (κ3) is 9.06. The Bertz CT molecular complexity index is 2190. The second kappa shape index (κ2) is 15.5. The van der Waals surface area contributed by atoms with Crippen LogP contribution in [0.25, 0.3) is 10.4 Å². The van der Waals surface area contributed by atoms with E-state index in [2.05, 4.69) is 20.5 Å². The maximum absolute atomic E-state index is 14.0. The SMILES string of the molecule is CC(C)(C)OC(=O)Nc1ccc(-c2cccs2)cc1NC(=O)c1ccc(CN2CC[C@H](N(c3cccnc3)S(=O)(=O)c3ccc([N+](=O)[O-])cc3)C2)cc1. The fourth-order valence-corrected chi connectivity index (χ4v) is 8.39. The summed E-state index contributed by atoms with van der Waals surface area (Å²) < 4.78 is 34.7. The normalized spacial score (nSPS) is 14.7. The molecule has 3 heterocycles. The molecular weight excluding hydrogens is 717 g/mol. The van der Waals surface area contributed by atoms with Crippen molar-refractivity contribution in [2.24, 2.45) is 0 Å². The predicted octanol–water partition coefficient (Wildman–Crippen LogP) is 7.79. The Morgan fingerprint density at radius 1 is 1.00 bits per heavy atom. The van der Waals surface area contributed by atoms with Crippen molar-refractivity contribution in [3.05, 3.63) is 130 Å². The number of nitro benzene ring substituents is 1. The molecule has 3 aromatic carbocycles. The van der Waals surface area contributed by atoms with Crippen LogP contribution in [0.3, 0.4) is 0 Å². The number of sulfonamides is 1. The van der Waals surface area contributed by atoms with Gasteiger partial charge in [0.2, 0.25) is 0 Å². The summed E-state index contributed by atoms with van der Waals surface area (Å²) in [6, 6.07) is 24.3. The van der Waals surface area contributed by atoms with Crippen LogP contribution in [-0.4, -0.2) is 60.0 Å². The number of amides is 2. The average molecular weight is 755 g/mol. The molecule has 1 fully saturated rings. The first kappa shape index (κ1) is 37.1. The summed E-state index contributed by atoms with van der Waals surface area (Å²) in [7, 11) is -4.08. The number of thiophene rings is 1. The molecule has 1 aliphatic rings. The zero-order valence-corrected chi connectivity index (χ0v) is 30.9. The van der Waals surface area contributed by atoms with Crippen LogP contribution in [0, 0.1) is 10.1 Å². The van der Waals surface area contributed by atoms with Crippen molar-refractivity contribution in [3.63, 3.8) is 0 Å². The van der Waals surface area contributed by atoms with Crippen molar-refractivity contribution < 1.29 is 27.7 Å². The van der Waals surface area contributed by atoms with Crippen LogP contribution in [0.2, 0.25) is 0 Å². The Morgan fingerprint density at radius 3 is 2.40 bits per heavy atom. The van der Waals surface area contributed by atoms with Crippen LogP contribution < -0.4 is 14.9 Å². The van der Waals surface area contributed by atoms with Gasteiger partial charge < -0.3 is 10.1 Å². The van der Waals surface area contributed by atoms with Crippen molar-refractivity contribution in [1.82, 2.24) is 9.88 Å². The minimum Gasteiger partial charge on any atom is -0.444 e. The van der Waals surface area contributed by atoms with Crippen LogP contribution in [0.5, 0.6) is 0 Å². The second-order valence-electron chi connectivity index (χ2n) is 13.5. The number of anilines is 3. The van der Waals surface area contributed by atoms with Crippen LogP contribution >= 0.6 is 11.3 Å². The lowest BCUT2D eigenvalue weighted by atomic mass is 10.1. The summed E-state index contributed by atoms with van der Waals surface area (Å²) in [5.74, 6) is -0.364. The molecule has 2 aromatic heterocycles. The summed E-state index contributed by atoms with van der Waals surface area (Å²) in [5.41, 5.74) is 2.54. The summed E-state index contributed by atoms with van der Waals surface area (Å²) in [5, 5.41) is 18.8. The maximum Gasteiger partial charge on any atom is 0.412 e. The van der Waals surface area contributed by atoms with Crippen LogP contribution in [0.1, 0.15) is 43.1 Å². The molecule has 6 rings (SSSR count). The summed E-state index contributed by atoms with van der Waals surface area (Å²) in [4.78, 5) is 43.9. The number of pyridine rings is 1. The first-order valence-corrected chi connectivity index (χ1v) is 19.1. The van der Waals surface area contributed by atoms with Crippen molar-refractivity contribution in [1.29, 1.82) is 0 Å². The molecule has 0 radical (unpaired) electrons. The van der Waals surface area contributed by atoms with E-state index in [0.717, 1.165) is 16.0 Å². The number of nitro groups is 1. The fourth-order valence-electron chi connectivity index (χ4n) is 6.01. The number of carbonyl (C=O) groups is 2. The Hall–Kier alpha value is -5.64. The number of hydrogen-bond donors (Lipinski definition) is 2. The molecule has 2 N–H and O–H groups in total. The van der Waals surface area contributed by atoms with Crippen LogP contribution in [0.4, 0.5) is 27.5 Å². The third-order valence-electron chi connectivity index (χ3n) is 8.42. The number of nitrogens with one attached hydrogen (secondary N) is 2. The number of ether oxygens (including phenoxy) is 1. The van der Waals surface area contributed by atoms with Gasteiger partial charge in [0.05, 0.1) is 39.1 Å². The number of nitrogens with zero attached hydrogens (tertiary/aromatic N) is 4. The van der Waals surface area contributed by atoms with Gasteiger partial charge in [-0.2, -0.15) is 0 Å². The molecule has 15 heteroatoms. The van der Waals surface area contributed by atoms with Gasteiger partial charge in [0.1, 0.15) is 5.60 Å². The largest absolute Gasteiger partial charge is 0.444 e. The van der Waals surface area contributed by atoms with Gasteiger partial charge >= 0.3 is 6.09 Å². The molecule has 53 heavy (non-hydrogen) atoms. The van der Waals surface area contributed by atoms with Crippen molar-refractivity contribution in [2.75, 3.05) is 28.0 Å². The van der Waals surface area contributed by atoms with Gasteiger partial charge in [-0.3, -0.25) is 34.4 Å². The molecule has 0 unspecified atom stereocenters. The molecule has 5 aromatic rings. The van der Waals surface area contributed by atoms with Gasteiger partial charge in [-0.15, -0.1) is 11.3 Å². The van der Waals surface area contributed by atoms with Gasteiger partial charge in [0.15, 0.2) is 0 Å². The Kier molecular flexibility index (Phi) is 10.9. The number of aromatic nitrogens is 1. The van der Waals surface area contributed by atoms with Crippen molar-refractivity contribution in [3.8, 4) is 10.4 Å². The zero-order valence-electron chi connectivity index (χ0n) is 29.3. The molecule has 1 aliphatic heterocycles. The van der Waals surface area contributed by atoms with E-state index in [-0.39, 0.29) is 16.5 Å². The monoisotopic (exact) mass is 754 g/mol. The van der Waals surface area contributed by atoms with E-state index in [1.807, 2.05) is 41.8 Å². The van der Waals surface area contributed by atoms with Gasteiger partial charge in [0, 0.05) is 48.4 Å². The quantitative estimate of drug-likeness (QED) is 0.101. The Labute approximate surface area is 311 Å². The highest BCUT2D eigenvalue weighted by Crippen LogP contribution is 2.33. The first-order valence-electron chi connectivity index (χ1n) is 16.8. The molecule has 0 saturated carbocycles. The zero-order chi connectivity index (χ0) is 37.8. The molecule has 13 nitrogen and oxygen atoms in total. The molecule has 0 bridgehead atoms. The molecule has 274 valence electrons. The van der Waals surface area contributed by atoms with E-state index in [9.17, 15) is 28.1 Å². The standard InChI is InChI=1S/C38H38N6O7S2/c1-38(2,3)51-37(46)41-33-17-12-28(35-7-5-21-52-35)22-34(33)40-36(45)27-10-8-26(9-11-27)24-42-20-18-31(25-42)43(30-6-4-19-39-23-30)53(49,50)32-15-13-29(14-16-32)44(47)48/h4-17,19,21-23,31H,18,20,24-25H2,1-3H3,(H,40,45)(H,41,46)/t31-/m0/s1. The third-order valence-corrected chi connectivity index (χ3v) is 11.2. The fraction of sp³-hybridized carbons (Fsp3) is 0.237. The number of benzene rings is 3. The molecule has 1 atom stereocenters. The Balaban J connectivity index is 1.15. The number of likely N-dealkylation sites (tertiary alicyclic amines) is 1. The van der Waals surface area contributed by atoms with Gasteiger partial charge in [-0.1, -0.05) is 24.3 Å². The molecule has 2 amide bonds. The second-order valence-corrected chi connectivity index (χ2v) is 16.2. The van der Waals surface area contributed by atoms with E-state index in [1.165, 1.54) is 34.8 Å². The Morgan fingerprint density at radius 2 is 1.75 bits per heavy atom. The first-order chi connectivity index (χ1) is 25.3. The highest BCUT2D eigenvalue weighted by atomic mass is 32.2. The molecule has 0 spiro atoms. The van der Waals surface area contributed by atoms with E-state index in [1.54, 1.807) is 68.6 Å². The number of hydrogen-bond acceptors (Lipinski definition) is 10. The smallest absolute Gasteiger partial charge is 0.412 e. The maximum atomic E-state index is 14.0. The topological polar surface area (TPSA) is 164 Å². The summed E-state index contributed by atoms with van der Waals surface area (Å²) in [6.07, 6.45) is 2.96. The lowest BCUT2D eigenvalue weighted by molar-refractivity contribution is -0.384. The highest BCUT2D eigenvalue weighted by Gasteiger charge is 2.36. The van der Waals surface area contributed by atoms with E-state index in [4.69, 9.17) is 4.74 Å². The van der Waals surface area contributed by atoms with Gasteiger partial charge in [-0.05, 0) is 98.3 Å². The van der Waals surface area contributed by atoms with Crippen molar-refractivity contribution >= 4 is 56.1 Å². The van der Waals surface area contributed by atoms with Crippen LogP contribution in [-0.2, 0) is 21.3 Å². The van der Waals surface area contributed by atoms with E-state index in [0.29, 0.717) is 48.7 Å². The number of carbonyl (C=O) groups excluding carboxylic acids is 2. The molecular formula is C38H38N6O7S2. The number of non-ortho nitro benzene ring substituents is 1. The lowest BCUT2D eigenvalue weighted by Gasteiger charge is -2.30. The van der Waals surface area contributed by atoms with Crippen molar-refractivity contribution in [2.45, 2.75) is 50.3 Å². The van der Waals surface area contributed by atoms with Gasteiger partial charge in [-0.25, -0.2) is 13.2 Å².